The summed E-state index contributed by atoms with van der Waals surface area (Å²) in [5.74, 6) is 0.134. The van der Waals surface area contributed by atoms with Crippen molar-refractivity contribution in [3.05, 3.63) is 42.5 Å². The molecule has 2 aromatic rings. The molecule has 0 radical (unpaired) electrons. The first-order chi connectivity index (χ1) is 6.75. The molecule has 0 atom stereocenters. The second-order valence-electron chi connectivity index (χ2n) is 2.84. The molecule has 0 aliphatic rings. The molecule has 0 aliphatic heterocycles. The maximum atomic E-state index is 12.6. The fraction of sp³-hybridized carbons (Fsp3) is 0. The van der Waals surface area contributed by atoms with Gasteiger partial charge in [-0.3, -0.25) is 0 Å². The average Bonchev–Trinajstić information content (AvgIpc) is 2.19. The Morgan fingerprint density at radius 2 is 1.79 bits per heavy atom. The summed E-state index contributed by atoms with van der Waals surface area (Å²) in [6.07, 6.45) is 1.38. The number of nitrogen functional groups attached to an aromatic ring is 1. The highest BCUT2D eigenvalue weighted by Crippen LogP contribution is 2.17. The Morgan fingerprint density at radius 3 is 2.43 bits per heavy atom. The van der Waals surface area contributed by atoms with Crippen LogP contribution in [0.2, 0.25) is 0 Å². The lowest BCUT2D eigenvalue weighted by molar-refractivity contribution is 0.628. The van der Waals surface area contributed by atoms with Gasteiger partial charge in [0.1, 0.15) is 18.0 Å². The third-order valence-corrected chi connectivity index (χ3v) is 1.83. The van der Waals surface area contributed by atoms with Crippen LogP contribution in [0, 0.1) is 5.82 Å². The number of nitrogens with zero attached hydrogens (tertiary/aromatic N) is 2. The molecule has 2 N–H and O–H groups in total. The molecule has 2 rings (SSSR count). The number of hydrogen-bond acceptors (Lipinski definition) is 3. The fourth-order valence-corrected chi connectivity index (χ4v) is 1.15. The van der Waals surface area contributed by atoms with Gasteiger partial charge in [0, 0.05) is 11.6 Å². The SMILES string of the molecule is Nc1cc(-c2ccc(F)cc2)ncn1. The first-order valence-corrected chi connectivity index (χ1v) is 4.09. The van der Waals surface area contributed by atoms with Crippen LogP contribution in [0.1, 0.15) is 0 Å². The van der Waals surface area contributed by atoms with Crippen LogP contribution in [-0.2, 0) is 0 Å². The Labute approximate surface area is 80.4 Å². The lowest BCUT2D eigenvalue weighted by Gasteiger charge is -2.00. The van der Waals surface area contributed by atoms with Crippen molar-refractivity contribution in [2.75, 3.05) is 5.73 Å². The molecule has 70 valence electrons. The molecular formula is C10H8FN3. The first kappa shape index (κ1) is 8.62. The second-order valence-corrected chi connectivity index (χ2v) is 2.84. The Kier molecular flexibility index (Phi) is 2.10. The highest BCUT2D eigenvalue weighted by molar-refractivity contribution is 5.61. The molecule has 0 unspecified atom stereocenters. The normalized spacial score (nSPS) is 10.1. The van der Waals surface area contributed by atoms with Crippen LogP contribution in [-0.4, -0.2) is 9.97 Å². The first-order valence-electron chi connectivity index (χ1n) is 4.09. The topological polar surface area (TPSA) is 51.8 Å². The summed E-state index contributed by atoms with van der Waals surface area (Å²) in [5, 5.41) is 0. The van der Waals surface area contributed by atoms with Gasteiger partial charge in [0.05, 0.1) is 5.69 Å². The van der Waals surface area contributed by atoms with E-state index in [2.05, 4.69) is 9.97 Å². The van der Waals surface area contributed by atoms with E-state index in [-0.39, 0.29) is 5.82 Å². The molecule has 0 aliphatic carbocycles. The number of nitrogens with two attached hydrogens (primary N) is 1. The van der Waals surface area contributed by atoms with E-state index in [1.165, 1.54) is 18.5 Å². The van der Waals surface area contributed by atoms with Gasteiger partial charge >= 0.3 is 0 Å². The van der Waals surface area contributed by atoms with E-state index >= 15 is 0 Å². The van der Waals surface area contributed by atoms with Crippen LogP contribution in [0.25, 0.3) is 11.3 Å². The molecule has 0 fully saturated rings. The van der Waals surface area contributed by atoms with E-state index in [0.717, 1.165) is 5.56 Å². The van der Waals surface area contributed by atoms with E-state index in [4.69, 9.17) is 5.73 Å². The summed E-state index contributed by atoms with van der Waals surface area (Å²) in [4.78, 5) is 7.80. The van der Waals surface area contributed by atoms with Gasteiger partial charge in [-0.05, 0) is 24.3 Å². The van der Waals surface area contributed by atoms with Gasteiger partial charge < -0.3 is 5.73 Å². The highest BCUT2D eigenvalue weighted by atomic mass is 19.1. The van der Waals surface area contributed by atoms with Crippen LogP contribution >= 0.6 is 0 Å². The van der Waals surface area contributed by atoms with Crippen molar-refractivity contribution in [2.45, 2.75) is 0 Å². The lowest BCUT2D eigenvalue weighted by atomic mass is 10.1. The molecule has 14 heavy (non-hydrogen) atoms. The quantitative estimate of drug-likeness (QED) is 0.744. The molecule has 0 saturated carbocycles. The van der Waals surface area contributed by atoms with Gasteiger partial charge in [-0.25, -0.2) is 14.4 Å². The number of hydrogen-bond donors (Lipinski definition) is 1. The van der Waals surface area contributed by atoms with Crippen molar-refractivity contribution < 1.29 is 4.39 Å². The molecule has 0 amide bonds. The molecule has 0 saturated heterocycles. The maximum absolute atomic E-state index is 12.6. The van der Waals surface area contributed by atoms with Crippen LogP contribution in [0.4, 0.5) is 10.2 Å². The van der Waals surface area contributed by atoms with E-state index in [1.807, 2.05) is 0 Å². The van der Waals surface area contributed by atoms with Crippen LogP contribution in [0.5, 0.6) is 0 Å². The number of benzene rings is 1. The lowest BCUT2D eigenvalue weighted by Crippen LogP contribution is -1.92. The number of halogens is 1. The van der Waals surface area contributed by atoms with Gasteiger partial charge in [0.2, 0.25) is 0 Å². The molecule has 1 aromatic carbocycles. The van der Waals surface area contributed by atoms with Crippen molar-refractivity contribution in [2.24, 2.45) is 0 Å². The maximum Gasteiger partial charge on any atom is 0.127 e. The summed E-state index contributed by atoms with van der Waals surface area (Å²) < 4.78 is 12.6. The predicted octanol–water partition coefficient (Wildman–Crippen LogP) is 1.86. The number of aromatic nitrogens is 2. The zero-order chi connectivity index (χ0) is 9.97. The van der Waals surface area contributed by atoms with E-state index in [9.17, 15) is 4.39 Å². The predicted molar refractivity (Wildman–Crippen MR) is 51.8 cm³/mol. The van der Waals surface area contributed by atoms with Crippen molar-refractivity contribution in [3.63, 3.8) is 0 Å². The Morgan fingerprint density at radius 1 is 1.07 bits per heavy atom. The van der Waals surface area contributed by atoms with Gasteiger partial charge in [0.15, 0.2) is 0 Å². The summed E-state index contributed by atoms with van der Waals surface area (Å²) >= 11 is 0. The summed E-state index contributed by atoms with van der Waals surface area (Å²) in [6, 6.07) is 7.71. The van der Waals surface area contributed by atoms with Crippen molar-refractivity contribution in [1.82, 2.24) is 9.97 Å². The van der Waals surface area contributed by atoms with Crippen LogP contribution < -0.4 is 5.73 Å². The van der Waals surface area contributed by atoms with Gasteiger partial charge in [-0.1, -0.05) is 0 Å². The summed E-state index contributed by atoms with van der Waals surface area (Å²) in [6.45, 7) is 0. The summed E-state index contributed by atoms with van der Waals surface area (Å²) in [7, 11) is 0. The summed E-state index contributed by atoms with van der Waals surface area (Å²) in [5.41, 5.74) is 7.01. The van der Waals surface area contributed by atoms with Crippen molar-refractivity contribution in [3.8, 4) is 11.3 Å². The van der Waals surface area contributed by atoms with Crippen LogP contribution in [0.15, 0.2) is 36.7 Å². The molecule has 1 heterocycles. The number of rotatable bonds is 1. The zero-order valence-electron chi connectivity index (χ0n) is 7.31. The molecule has 0 bridgehead atoms. The van der Waals surface area contributed by atoms with Crippen molar-refractivity contribution in [1.29, 1.82) is 0 Å². The largest absolute Gasteiger partial charge is 0.384 e. The standard InChI is InChI=1S/C10H8FN3/c11-8-3-1-7(2-4-8)9-5-10(12)14-6-13-9/h1-6H,(H2,12,13,14). The minimum atomic E-state index is -0.268. The number of anilines is 1. The van der Waals surface area contributed by atoms with E-state index in [1.54, 1.807) is 18.2 Å². The smallest absolute Gasteiger partial charge is 0.127 e. The van der Waals surface area contributed by atoms with E-state index < -0.39 is 0 Å². The van der Waals surface area contributed by atoms with E-state index in [0.29, 0.717) is 11.5 Å². The Hall–Kier alpha value is -1.97. The molecule has 0 spiro atoms. The second kappa shape index (κ2) is 3.41. The highest BCUT2D eigenvalue weighted by Gasteiger charge is 1.99. The fourth-order valence-electron chi connectivity index (χ4n) is 1.15. The Balaban J connectivity index is 2.44. The van der Waals surface area contributed by atoms with Crippen LogP contribution in [0.3, 0.4) is 0 Å². The molecular weight excluding hydrogens is 181 g/mol. The third-order valence-electron chi connectivity index (χ3n) is 1.83. The molecule has 1 aromatic heterocycles. The minimum absolute atomic E-state index is 0.268. The molecule has 3 nitrogen and oxygen atoms in total. The van der Waals surface area contributed by atoms with Crippen molar-refractivity contribution >= 4 is 5.82 Å². The van der Waals surface area contributed by atoms with Gasteiger partial charge in [-0.15, -0.1) is 0 Å². The molecule has 4 heteroatoms. The third kappa shape index (κ3) is 1.69. The zero-order valence-corrected chi connectivity index (χ0v) is 7.31. The monoisotopic (exact) mass is 189 g/mol. The van der Waals surface area contributed by atoms with Gasteiger partial charge in [-0.2, -0.15) is 0 Å². The average molecular weight is 189 g/mol. The minimum Gasteiger partial charge on any atom is -0.384 e. The van der Waals surface area contributed by atoms with Gasteiger partial charge in [0.25, 0.3) is 0 Å². The Bertz CT molecular complexity index is 439.